The molecule has 2 rings (SSSR count). The Bertz CT molecular complexity index is 363. The summed E-state index contributed by atoms with van der Waals surface area (Å²) in [5.74, 6) is 1.98. The average Bonchev–Trinajstić information content (AvgIpc) is 3.01. The predicted octanol–water partition coefficient (Wildman–Crippen LogP) is 1.67. The van der Waals surface area contributed by atoms with Crippen molar-refractivity contribution in [2.75, 3.05) is 19.8 Å². The lowest BCUT2D eigenvalue weighted by Crippen LogP contribution is -2.19. The van der Waals surface area contributed by atoms with Crippen molar-refractivity contribution < 1.29 is 9.15 Å². The molecule has 1 N–H and O–H groups in total. The first kappa shape index (κ1) is 11.2. The fraction of sp³-hybridized carbons (Fsp3) is 0.583. The molecular formula is C12H16N2O2. The van der Waals surface area contributed by atoms with Gasteiger partial charge in [0.1, 0.15) is 11.8 Å². The highest BCUT2D eigenvalue weighted by molar-refractivity contribution is 5.18. The van der Waals surface area contributed by atoms with Gasteiger partial charge in [0.05, 0.1) is 13.2 Å². The Morgan fingerprint density at radius 3 is 3.06 bits per heavy atom. The van der Waals surface area contributed by atoms with E-state index in [1.54, 1.807) is 6.07 Å². The van der Waals surface area contributed by atoms with Gasteiger partial charge in [0.2, 0.25) is 5.76 Å². The van der Waals surface area contributed by atoms with E-state index < -0.39 is 0 Å². The molecule has 0 spiro atoms. The summed E-state index contributed by atoms with van der Waals surface area (Å²) in [6, 6.07) is 5.46. The molecule has 1 aromatic rings. The fourth-order valence-electron chi connectivity index (χ4n) is 1.42. The molecule has 0 amide bonds. The zero-order valence-corrected chi connectivity index (χ0v) is 9.24. The lowest BCUT2D eigenvalue weighted by atomic mass is 10.4. The highest BCUT2D eigenvalue weighted by Gasteiger charge is 2.20. The average molecular weight is 220 g/mol. The third kappa shape index (κ3) is 3.69. The normalized spacial score (nSPS) is 14.9. The van der Waals surface area contributed by atoms with Crippen molar-refractivity contribution in [2.45, 2.75) is 19.4 Å². The van der Waals surface area contributed by atoms with Gasteiger partial charge in [0, 0.05) is 13.2 Å². The number of nitrogens with one attached hydrogen (secondary N) is 1. The molecule has 1 aromatic heterocycles. The Morgan fingerprint density at radius 2 is 2.38 bits per heavy atom. The number of nitrogens with zero attached hydrogens (tertiary/aromatic N) is 1. The van der Waals surface area contributed by atoms with Gasteiger partial charge < -0.3 is 14.5 Å². The summed E-state index contributed by atoms with van der Waals surface area (Å²) in [5, 5.41) is 11.8. The molecule has 0 atom stereocenters. The summed E-state index contributed by atoms with van der Waals surface area (Å²) in [6.45, 7) is 3.10. The maximum atomic E-state index is 8.57. The molecule has 1 fully saturated rings. The van der Waals surface area contributed by atoms with Gasteiger partial charge in [-0.15, -0.1) is 0 Å². The van der Waals surface area contributed by atoms with Crippen molar-refractivity contribution in [3.05, 3.63) is 23.7 Å². The molecular weight excluding hydrogens is 204 g/mol. The molecule has 0 bridgehead atoms. The van der Waals surface area contributed by atoms with Crippen LogP contribution >= 0.6 is 0 Å². The molecule has 1 aliphatic rings. The minimum Gasteiger partial charge on any atom is -0.449 e. The van der Waals surface area contributed by atoms with E-state index in [9.17, 15) is 0 Å². The Morgan fingerprint density at radius 1 is 1.50 bits per heavy atom. The molecule has 4 nitrogen and oxygen atoms in total. The summed E-state index contributed by atoms with van der Waals surface area (Å²) in [5.41, 5.74) is 0. The van der Waals surface area contributed by atoms with Crippen molar-refractivity contribution in [1.82, 2.24) is 5.32 Å². The Hall–Kier alpha value is -1.31. The number of hydrogen-bond acceptors (Lipinski definition) is 4. The molecule has 0 radical (unpaired) electrons. The standard InChI is InChI=1S/C12H16N2O2/c13-7-11-3-4-12(16-11)8-14-5-6-15-9-10-1-2-10/h3-4,10,14H,1-2,5-6,8-9H2. The molecule has 0 saturated heterocycles. The Kier molecular flexibility index (Phi) is 3.97. The van der Waals surface area contributed by atoms with E-state index in [0.717, 1.165) is 31.4 Å². The van der Waals surface area contributed by atoms with Crippen molar-refractivity contribution >= 4 is 0 Å². The minimum atomic E-state index is 0.363. The van der Waals surface area contributed by atoms with Crippen LogP contribution < -0.4 is 5.32 Å². The van der Waals surface area contributed by atoms with E-state index in [-0.39, 0.29) is 0 Å². The van der Waals surface area contributed by atoms with Gasteiger partial charge in [-0.3, -0.25) is 0 Å². The second-order valence-corrected chi connectivity index (χ2v) is 4.07. The summed E-state index contributed by atoms with van der Waals surface area (Å²) >= 11 is 0. The summed E-state index contributed by atoms with van der Waals surface area (Å²) < 4.78 is 10.7. The van der Waals surface area contributed by atoms with E-state index in [0.29, 0.717) is 12.3 Å². The number of rotatable bonds is 7. The maximum Gasteiger partial charge on any atom is 0.203 e. The second kappa shape index (κ2) is 5.69. The number of furan rings is 1. The van der Waals surface area contributed by atoms with Crippen LogP contribution in [0.5, 0.6) is 0 Å². The van der Waals surface area contributed by atoms with Crippen molar-refractivity contribution in [2.24, 2.45) is 5.92 Å². The van der Waals surface area contributed by atoms with Crippen LogP contribution in [0.25, 0.3) is 0 Å². The van der Waals surface area contributed by atoms with Gasteiger partial charge in [0.25, 0.3) is 0 Å². The molecule has 1 heterocycles. The van der Waals surface area contributed by atoms with E-state index in [2.05, 4.69) is 5.32 Å². The SMILES string of the molecule is N#Cc1ccc(CNCCOCC2CC2)o1. The third-order valence-corrected chi connectivity index (χ3v) is 2.54. The molecule has 0 aromatic carbocycles. The Balaban J connectivity index is 1.51. The van der Waals surface area contributed by atoms with E-state index >= 15 is 0 Å². The van der Waals surface area contributed by atoms with Crippen LogP contribution in [0.4, 0.5) is 0 Å². The smallest absolute Gasteiger partial charge is 0.203 e. The molecule has 0 aliphatic heterocycles. The zero-order chi connectivity index (χ0) is 11.2. The summed E-state index contributed by atoms with van der Waals surface area (Å²) in [6.07, 6.45) is 2.66. The van der Waals surface area contributed by atoms with Gasteiger partial charge in [-0.25, -0.2) is 0 Å². The first-order valence-corrected chi connectivity index (χ1v) is 5.66. The van der Waals surface area contributed by atoms with E-state index in [1.807, 2.05) is 12.1 Å². The molecule has 1 aliphatic carbocycles. The molecule has 0 unspecified atom stereocenters. The van der Waals surface area contributed by atoms with Gasteiger partial charge >= 0.3 is 0 Å². The predicted molar refractivity (Wildman–Crippen MR) is 58.7 cm³/mol. The van der Waals surface area contributed by atoms with Crippen molar-refractivity contribution in [3.63, 3.8) is 0 Å². The topological polar surface area (TPSA) is 58.2 Å². The van der Waals surface area contributed by atoms with Crippen molar-refractivity contribution in [1.29, 1.82) is 5.26 Å². The van der Waals surface area contributed by atoms with Crippen LogP contribution in [0.15, 0.2) is 16.5 Å². The lowest BCUT2D eigenvalue weighted by Gasteiger charge is -2.03. The highest BCUT2D eigenvalue weighted by Crippen LogP contribution is 2.28. The minimum absolute atomic E-state index is 0.363. The van der Waals surface area contributed by atoms with Crippen LogP contribution in [0.1, 0.15) is 24.4 Å². The van der Waals surface area contributed by atoms with Crippen molar-refractivity contribution in [3.8, 4) is 6.07 Å². The highest BCUT2D eigenvalue weighted by atomic mass is 16.5. The lowest BCUT2D eigenvalue weighted by molar-refractivity contribution is 0.125. The van der Waals surface area contributed by atoms with E-state index in [1.165, 1.54) is 12.8 Å². The largest absolute Gasteiger partial charge is 0.449 e. The third-order valence-electron chi connectivity index (χ3n) is 2.54. The van der Waals surface area contributed by atoms with Gasteiger partial charge in [-0.1, -0.05) is 0 Å². The number of nitriles is 1. The monoisotopic (exact) mass is 220 g/mol. The Labute approximate surface area is 95.2 Å². The maximum absolute atomic E-state index is 8.57. The van der Waals surface area contributed by atoms with E-state index in [4.69, 9.17) is 14.4 Å². The fourth-order valence-corrected chi connectivity index (χ4v) is 1.42. The van der Waals surface area contributed by atoms with Crippen LogP contribution in [-0.4, -0.2) is 19.8 Å². The first-order valence-electron chi connectivity index (χ1n) is 5.66. The summed E-state index contributed by atoms with van der Waals surface area (Å²) in [4.78, 5) is 0. The molecule has 1 saturated carbocycles. The summed E-state index contributed by atoms with van der Waals surface area (Å²) in [7, 11) is 0. The quantitative estimate of drug-likeness (QED) is 0.710. The second-order valence-electron chi connectivity index (χ2n) is 4.07. The molecule has 86 valence electrons. The van der Waals surface area contributed by atoms with Crippen LogP contribution in [0.2, 0.25) is 0 Å². The zero-order valence-electron chi connectivity index (χ0n) is 9.24. The molecule has 16 heavy (non-hydrogen) atoms. The number of hydrogen-bond donors (Lipinski definition) is 1. The van der Waals surface area contributed by atoms with Crippen LogP contribution in [-0.2, 0) is 11.3 Å². The van der Waals surface area contributed by atoms with Crippen LogP contribution in [0.3, 0.4) is 0 Å². The van der Waals surface area contributed by atoms with Crippen LogP contribution in [0, 0.1) is 17.2 Å². The molecule has 4 heteroatoms. The van der Waals surface area contributed by atoms with Gasteiger partial charge in [-0.2, -0.15) is 5.26 Å². The van der Waals surface area contributed by atoms with Gasteiger partial charge in [-0.05, 0) is 30.9 Å². The van der Waals surface area contributed by atoms with Gasteiger partial charge in [0.15, 0.2) is 0 Å². The first-order chi connectivity index (χ1) is 7.88. The number of ether oxygens (including phenoxy) is 1.